The summed E-state index contributed by atoms with van der Waals surface area (Å²) in [7, 11) is -4.08. The smallest absolute Gasteiger partial charge is 0.339 e. The zero-order valence-electron chi connectivity index (χ0n) is 12.8. The topological polar surface area (TPSA) is 77.5 Å². The molecule has 0 saturated carbocycles. The van der Waals surface area contributed by atoms with Crippen molar-refractivity contribution in [3.8, 4) is 5.75 Å². The van der Waals surface area contributed by atoms with Crippen LogP contribution in [0, 0.1) is 0 Å². The van der Waals surface area contributed by atoms with Crippen molar-refractivity contribution in [2.45, 2.75) is 25.2 Å². The molecule has 0 spiro atoms. The zero-order valence-corrected chi connectivity index (χ0v) is 13.6. The number of ketones is 2. The van der Waals surface area contributed by atoms with Crippen molar-refractivity contribution in [3.05, 3.63) is 59.7 Å². The first kappa shape index (κ1) is 16.9. The summed E-state index contributed by atoms with van der Waals surface area (Å²) in [6.45, 7) is 3.08. The third-order valence-electron chi connectivity index (χ3n) is 3.26. The van der Waals surface area contributed by atoms with Gasteiger partial charge in [0.2, 0.25) is 0 Å². The molecule has 0 N–H and O–H groups in total. The van der Waals surface area contributed by atoms with E-state index in [-0.39, 0.29) is 34.2 Å². The predicted molar refractivity (Wildman–Crippen MR) is 85.3 cm³/mol. The molecular weight excluding hydrogens is 316 g/mol. The highest BCUT2D eigenvalue weighted by Crippen LogP contribution is 2.24. The molecule has 0 aliphatic carbocycles. The van der Waals surface area contributed by atoms with Crippen LogP contribution in [0.4, 0.5) is 0 Å². The summed E-state index contributed by atoms with van der Waals surface area (Å²) < 4.78 is 29.8. The van der Waals surface area contributed by atoms with Gasteiger partial charge in [0.15, 0.2) is 17.3 Å². The minimum Gasteiger partial charge on any atom is -0.378 e. The van der Waals surface area contributed by atoms with Crippen LogP contribution in [0.2, 0.25) is 0 Å². The summed E-state index contributed by atoms with van der Waals surface area (Å²) in [5, 5.41) is 0. The Hall–Kier alpha value is -2.47. The van der Waals surface area contributed by atoms with Gasteiger partial charge >= 0.3 is 10.1 Å². The standard InChI is InChI=1S/C17H16O5S/c1-3-16(19)15-6-4-5-7-17(15)22-23(20,21)14-10-8-13(9-11-14)12(2)18/h4-11H,3H2,1-2H3. The SMILES string of the molecule is CCC(=O)c1ccccc1OS(=O)(=O)c1ccc(C(C)=O)cc1. The Morgan fingerprint density at radius 2 is 1.61 bits per heavy atom. The van der Waals surface area contributed by atoms with E-state index in [4.69, 9.17) is 4.18 Å². The summed E-state index contributed by atoms with van der Waals surface area (Å²) in [6, 6.07) is 11.6. The summed E-state index contributed by atoms with van der Waals surface area (Å²) >= 11 is 0. The molecule has 2 aromatic rings. The predicted octanol–water partition coefficient (Wildman–Crippen LogP) is 3.25. The second-order valence-electron chi connectivity index (χ2n) is 4.89. The molecule has 0 unspecified atom stereocenters. The van der Waals surface area contributed by atoms with Crippen LogP contribution in [0.15, 0.2) is 53.4 Å². The molecule has 5 nitrogen and oxygen atoms in total. The van der Waals surface area contributed by atoms with Gasteiger partial charge in [0.05, 0.1) is 5.56 Å². The lowest BCUT2D eigenvalue weighted by atomic mass is 10.1. The quantitative estimate of drug-likeness (QED) is 0.599. The second-order valence-corrected chi connectivity index (χ2v) is 6.44. The molecule has 2 aromatic carbocycles. The first-order chi connectivity index (χ1) is 10.8. The Kier molecular flexibility index (Phi) is 4.95. The molecule has 23 heavy (non-hydrogen) atoms. The van der Waals surface area contributed by atoms with Crippen LogP contribution in [-0.2, 0) is 10.1 Å². The Bertz CT molecular complexity index is 836. The summed E-state index contributed by atoms with van der Waals surface area (Å²) in [5.41, 5.74) is 0.629. The van der Waals surface area contributed by atoms with E-state index in [1.165, 1.54) is 43.3 Å². The van der Waals surface area contributed by atoms with E-state index >= 15 is 0 Å². The van der Waals surface area contributed by atoms with E-state index in [0.717, 1.165) is 0 Å². The van der Waals surface area contributed by atoms with E-state index in [0.29, 0.717) is 5.56 Å². The van der Waals surface area contributed by atoms with E-state index in [1.54, 1.807) is 19.1 Å². The summed E-state index contributed by atoms with van der Waals surface area (Å²) in [5.74, 6) is -0.369. The monoisotopic (exact) mass is 332 g/mol. The van der Waals surface area contributed by atoms with Gasteiger partial charge in [-0.3, -0.25) is 9.59 Å². The number of carbonyl (C=O) groups excluding carboxylic acids is 2. The number of rotatable bonds is 6. The second kappa shape index (κ2) is 6.75. The van der Waals surface area contributed by atoms with Crippen molar-refractivity contribution in [1.82, 2.24) is 0 Å². The maximum atomic E-state index is 12.3. The third kappa shape index (κ3) is 3.84. The highest BCUT2D eigenvalue weighted by molar-refractivity contribution is 7.87. The fourth-order valence-electron chi connectivity index (χ4n) is 1.98. The Balaban J connectivity index is 2.35. The Labute approximate surface area is 135 Å². The van der Waals surface area contributed by atoms with Crippen LogP contribution in [0.1, 0.15) is 41.0 Å². The normalized spacial score (nSPS) is 11.0. The Morgan fingerprint density at radius 3 is 2.17 bits per heavy atom. The van der Waals surface area contributed by atoms with Crippen LogP contribution in [0.25, 0.3) is 0 Å². The third-order valence-corrected chi connectivity index (χ3v) is 4.51. The van der Waals surface area contributed by atoms with Gasteiger partial charge in [-0.25, -0.2) is 0 Å². The van der Waals surface area contributed by atoms with E-state index in [2.05, 4.69) is 0 Å². The van der Waals surface area contributed by atoms with Crippen molar-refractivity contribution in [3.63, 3.8) is 0 Å². The Morgan fingerprint density at radius 1 is 1.00 bits per heavy atom. The summed E-state index contributed by atoms with van der Waals surface area (Å²) in [6.07, 6.45) is 0.244. The molecule has 0 atom stereocenters. The van der Waals surface area contributed by atoms with Crippen LogP contribution >= 0.6 is 0 Å². The van der Waals surface area contributed by atoms with Gasteiger partial charge in [0.1, 0.15) is 4.90 Å². The van der Waals surface area contributed by atoms with Crippen LogP contribution < -0.4 is 4.18 Å². The molecule has 2 rings (SSSR count). The molecule has 0 saturated heterocycles. The van der Waals surface area contributed by atoms with Crippen molar-refractivity contribution in [2.75, 3.05) is 0 Å². The van der Waals surface area contributed by atoms with Crippen molar-refractivity contribution in [1.29, 1.82) is 0 Å². The number of hydrogen-bond donors (Lipinski definition) is 0. The number of benzene rings is 2. The molecule has 120 valence electrons. The van der Waals surface area contributed by atoms with Crippen LogP contribution in [0.5, 0.6) is 5.75 Å². The van der Waals surface area contributed by atoms with E-state index in [1.807, 2.05) is 0 Å². The van der Waals surface area contributed by atoms with Gasteiger partial charge in [-0.2, -0.15) is 8.42 Å². The number of hydrogen-bond acceptors (Lipinski definition) is 5. The van der Waals surface area contributed by atoms with Crippen molar-refractivity contribution < 1.29 is 22.2 Å². The van der Waals surface area contributed by atoms with Gasteiger partial charge in [0, 0.05) is 12.0 Å². The molecule has 0 radical (unpaired) electrons. The van der Waals surface area contributed by atoms with Gasteiger partial charge in [-0.1, -0.05) is 31.2 Å². The van der Waals surface area contributed by atoms with Crippen LogP contribution in [-0.4, -0.2) is 20.0 Å². The highest BCUT2D eigenvalue weighted by atomic mass is 32.2. The lowest BCUT2D eigenvalue weighted by molar-refractivity contribution is 0.0984. The van der Waals surface area contributed by atoms with Gasteiger partial charge < -0.3 is 4.18 Å². The molecule has 0 aromatic heterocycles. The first-order valence-corrected chi connectivity index (χ1v) is 8.43. The van der Waals surface area contributed by atoms with E-state index in [9.17, 15) is 18.0 Å². The largest absolute Gasteiger partial charge is 0.378 e. The number of carbonyl (C=O) groups is 2. The summed E-state index contributed by atoms with van der Waals surface area (Å²) in [4.78, 5) is 23.0. The van der Waals surface area contributed by atoms with Crippen molar-refractivity contribution in [2.24, 2.45) is 0 Å². The number of para-hydroxylation sites is 1. The molecule has 0 bridgehead atoms. The highest BCUT2D eigenvalue weighted by Gasteiger charge is 2.20. The van der Waals surface area contributed by atoms with E-state index < -0.39 is 10.1 Å². The molecule has 0 aliphatic heterocycles. The molecule has 6 heteroatoms. The van der Waals surface area contributed by atoms with Gasteiger partial charge in [-0.15, -0.1) is 0 Å². The lowest BCUT2D eigenvalue weighted by Gasteiger charge is -2.10. The fraction of sp³-hybridized carbons (Fsp3) is 0.176. The molecule has 0 heterocycles. The van der Waals surface area contributed by atoms with Crippen LogP contribution in [0.3, 0.4) is 0 Å². The minimum absolute atomic E-state index is 0.00463. The molecule has 0 fully saturated rings. The molecule has 0 aliphatic rings. The zero-order chi connectivity index (χ0) is 17.0. The maximum absolute atomic E-state index is 12.3. The molecule has 0 amide bonds. The fourth-order valence-corrected chi connectivity index (χ4v) is 2.93. The van der Waals surface area contributed by atoms with Crippen molar-refractivity contribution >= 4 is 21.7 Å². The molecular formula is C17H16O5S. The average molecular weight is 332 g/mol. The minimum atomic E-state index is -4.08. The van der Waals surface area contributed by atoms with Gasteiger partial charge in [0.25, 0.3) is 0 Å². The van der Waals surface area contributed by atoms with Gasteiger partial charge in [-0.05, 0) is 31.2 Å². The lowest BCUT2D eigenvalue weighted by Crippen LogP contribution is -2.12. The average Bonchev–Trinajstić information content (AvgIpc) is 2.54. The number of Topliss-reactive ketones (excluding diaryl/α,β-unsaturated/α-hetero) is 2. The maximum Gasteiger partial charge on any atom is 0.339 e. The first-order valence-electron chi connectivity index (χ1n) is 7.03.